The zero-order valence-corrected chi connectivity index (χ0v) is 10.6. The van der Waals surface area contributed by atoms with E-state index in [-0.39, 0.29) is 25.3 Å². The minimum atomic E-state index is -0.227. The Bertz CT molecular complexity index is 366. The van der Waals surface area contributed by atoms with Crippen LogP contribution in [0.4, 0.5) is 0 Å². The van der Waals surface area contributed by atoms with E-state index < -0.39 is 0 Å². The summed E-state index contributed by atoms with van der Waals surface area (Å²) >= 11 is 3.55. The molecule has 0 aromatic heterocycles. The number of hydrogen-bond acceptors (Lipinski definition) is 3. The van der Waals surface area contributed by atoms with Crippen molar-refractivity contribution in [2.75, 3.05) is 13.2 Å². The number of fused-ring (bicyclic) bond motifs is 1. The fraction of sp³-hybridized carbons (Fsp3) is 0.500. The van der Waals surface area contributed by atoms with Crippen molar-refractivity contribution in [2.45, 2.75) is 24.9 Å². The number of halogens is 1. The van der Waals surface area contributed by atoms with Gasteiger partial charge in [-0.1, -0.05) is 28.1 Å². The van der Waals surface area contributed by atoms with Crippen molar-refractivity contribution in [1.29, 1.82) is 0 Å². The molecule has 1 aromatic rings. The van der Waals surface area contributed by atoms with Gasteiger partial charge in [-0.3, -0.25) is 0 Å². The van der Waals surface area contributed by atoms with Crippen molar-refractivity contribution in [3.8, 4) is 0 Å². The molecule has 3 N–H and O–H groups in total. The number of aliphatic hydroxyl groups excluding tert-OH is 2. The first-order valence-corrected chi connectivity index (χ1v) is 6.30. The van der Waals surface area contributed by atoms with E-state index in [0.717, 1.165) is 17.3 Å². The Kier molecular flexibility index (Phi) is 3.97. The summed E-state index contributed by atoms with van der Waals surface area (Å²) in [5, 5.41) is 21.4. The van der Waals surface area contributed by atoms with E-state index in [1.165, 1.54) is 11.1 Å². The number of rotatable bonds is 4. The maximum atomic E-state index is 9.06. The van der Waals surface area contributed by atoms with Crippen molar-refractivity contribution in [3.63, 3.8) is 0 Å². The van der Waals surface area contributed by atoms with Gasteiger partial charge in [-0.2, -0.15) is 0 Å². The third-order valence-corrected chi connectivity index (χ3v) is 3.83. The first-order valence-electron chi connectivity index (χ1n) is 5.51. The molecule has 0 radical (unpaired) electrons. The first kappa shape index (κ1) is 12.0. The minimum Gasteiger partial charge on any atom is -0.395 e. The molecule has 0 saturated heterocycles. The highest BCUT2D eigenvalue weighted by atomic mass is 79.9. The van der Waals surface area contributed by atoms with Crippen LogP contribution >= 0.6 is 15.9 Å². The van der Waals surface area contributed by atoms with Gasteiger partial charge in [0.2, 0.25) is 0 Å². The van der Waals surface area contributed by atoms with Gasteiger partial charge in [0.15, 0.2) is 0 Å². The van der Waals surface area contributed by atoms with E-state index in [9.17, 15) is 0 Å². The van der Waals surface area contributed by atoms with Crippen LogP contribution in [0.1, 0.15) is 23.6 Å². The van der Waals surface area contributed by atoms with Crippen LogP contribution in [-0.2, 0) is 6.42 Å². The molecule has 0 aliphatic heterocycles. The van der Waals surface area contributed by atoms with Crippen molar-refractivity contribution in [1.82, 2.24) is 5.32 Å². The Morgan fingerprint density at radius 1 is 1.38 bits per heavy atom. The lowest BCUT2D eigenvalue weighted by molar-refractivity contribution is 0.162. The van der Waals surface area contributed by atoms with Crippen LogP contribution in [0.15, 0.2) is 22.7 Å². The molecule has 88 valence electrons. The molecule has 0 heterocycles. The molecule has 1 unspecified atom stereocenters. The van der Waals surface area contributed by atoms with Gasteiger partial charge in [-0.25, -0.2) is 0 Å². The highest BCUT2D eigenvalue weighted by molar-refractivity contribution is 9.10. The average Bonchev–Trinajstić information content (AvgIpc) is 2.71. The average molecular weight is 286 g/mol. The number of hydrogen-bond donors (Lipinski definition) is 3. The number of aliphatic hydroxyl groups is 2. The molecule has 4 heteroatoms. The second-order valence-corrected chi connectivity index (χ2v) is 4.98. The SMILES string of the molecule is OCC(CO)NC1CCc2c(Br)cccc21. The lowest BCUT2D eigenvalue weighted by atomic mass is 10.1. The normalized spacial score (nSPS) is 19.1. The predicted molar refractivity (Wildman–Crippen MR) is 66.3 cm³/mol. The Labute approximate surface area is 104 Å². The fourth-order valence-electron chi connectivity index (χ4n) is 2.23. The van der Waals surface area contributed by atoms with Gasteiger partial charge in [0.25, 0.3) is 0 Å². The van der Waals surface area contributed by atoms with Crippen LogP contribution in [0.3, 0.4) is 0 Å². The highest BCUT2D eigenvalue weighted by Gasteiger charge is 2.25. The summed E-state index contributed by atoms with van der Waals surface area (Å²) in [6, 6.07) is 6.20. The van der Waals surface area contributed by atoms with Crippen LogP contribution in [0.5, 0.6) is 0 Å². The molecule has 0 spiro atoms. The molecule has 0 saturated carbocycles. The molecular weight excluding hydrogens is 270 g/mol. The minimum absolute atomic E-state index is 0.0314. The van der Waals surface area contributed by atoms with Gasteiger partial charge < -0.3 is 15.5 Å². The second kappa shape index (κ2) is 5.27. The molecular formula is C12H16BrNO2. The Morgan fingerprint density at radius 3 is 2.81 bits per heavy atom. The van der Waals surface area contributed by atoms with E-state index in [1.807, 2.05) is 6.07 Å². The van der Waals surface area contributed by atoms with E-state index in [4.69, 9.17) is 10.2 Å². The topological polar surface area (TPSA) is 52.5 Å². The largest absolute Gasteiger partial charge is 0.395 e. The summed E-state index contributed by atoms with van der Waals surface area (Å²) in [4.78, 5) is 0. The zero-order valence-electron chi connectivity index (χ0n) is 8.99. The molecule has 1 aromatic carbocycles. The zero-order chi connectivity index (χ0) is 11.5. The Hall–Kier alpha value is -0.420. The van der Waals surface area contributed by atoms with Gasteiger partial charge in [0.1, 0.15) is 0 Å². The smallest absolute Gasteiger partial charge is 0.0607 e. The quantitative estimate of drug-likeness (QED) is 0.784. The maximum absolute atomic E-state index is 9.06. The van der Waals surface area contributed by atoms with Crippen LogP contribution in [0.2, 0.25) is 0 Å². The van der Waals surface area contributed by atoms with Crippen molar-refractivity contribution in [2.24, 2.45) is 0 Å². The predicted octanol–water partition coefficient (Wildman–Crippen LogP) is 1.38. The summed E-state index contributed by atoms with van der Waals surface area (Å²) in [7, 11) is 0. The van der Waals surface area contributed by atoms with E-state index in [1.54, 1.807) is 0 Å². The maximum Gasteiger partial charge on any atom is 0.0607 e. The van der Waals surface area contributed by atoms with E-state index >= 15 is 0 Å². The monoisotopic (exact) mass is 285 g/mol. The van der Waals surface area contributed by atoms with Crippen molar-refractivity contribution >= 4 is 15.9 Å². The molecule has 1 aliphatic carbocycles. The Morgan fingerprint density at radius 2 is 2.12 bits per heavy atom. The van der Waals surface area contributed by atoms with Crippen LogP contribution in [0, 0.1) is 0 Å². The molecule has 1 atom stereocenters. The summed E-state index contributed by atoms with van der Waals surface area (Å²) < 4.78 is 1.15. The van der Waals surface area contributed by atoms with Gasteiger partial charge in [0, 0.05) is 10.5 Å². The van der Waals surface area contributed by atoms with E-state index in [0.29, 0.717) is 0 Å². The van der Waals surface area contributed by atoms with Crippen LogP contribution in [-0.4, -0.2) is 29.5 Å². The molecule has 0 amide bonds. The summed E-state index contributed by atoms with van der Waals surface area (Å²) in [6.45, 7) is -0.0628. The summed E-state index contributed by atoms with van der Waals surface area (Å²) in [5.74, 6) is 0. The van der Waals surface area contributed by atoms with E-state index in [2.05, 4.69) is 33.4 Å². The van der Waals surface area contributed by atoms with Gasteiger partial charge in [-0.15, -0.1) is 0 Å². The lowest BCUT2D eigenvalue weighted by Gasteiger charge is -2.20. The third kappa shape index (κ3) is 2.30. The standard InChI is InChI=1S/C12H16BrNO2/c13-11-3-1-2-10-9(11)4-5-12(10)14-8(6-15)7-16/h1-3,8,12,14-16H,4-7H2. The van der Waals surface area contributed by atoms with Crippen molar-refractivity contribution < 1.29 is 10.2 Å². The highest BCUT2D eigenvalue weighted by Crippen LogP contribution is 2.35. The molecule has 0 fully saturated rings. The second-order valence-electron chi connectivity index (χ2n) is 4.13. The summed E-state index contributed by atoms with van der Waals surface area (Å²) in [5.41, 5.74) is 2.62. The van der Waals surface area contributed by atoms with Crippen molar-refractivity contribution in [3.05, 3.63) is 33.8 Å². The third-order valence-electron chi connectivity index (χ3n) is 3.09. The van der Waals surface area contributed by atoms with Gasteiger partial charge in [-0.05, 0) is 30.0 Å². The van der Waals surface area contributed by atoms with Crippen LogP contribution in [0.25, 0.3) is 0 Å². The molecule has 16 heavy (non-hydrogen) atoms. The molecule has 1 aliphatic rings. The fourth-order valence-corrected chi connectivity index (χ4v) is 2.81. The van der Waals surface area contributed by atoms with Crippen LogP contribution < -0.4 is 5.32 Å². The summed E-state index contributed by atoms with van der Waals surface area (Å²) in [6.07, 6.45) is 2.06. The Balaban J connectivity index is 2.14. The first-order chi connectivity index (χ1) is 7.76. The number of nitrogens with one attached hydrogen (secondary N) is 1. The molecule has 2 rings (SSSR count). The molecule has 0 bridgehead atoms. The number of benzene rings is 1. The molecule has 3 nitrogen and oxygen atoms in total. The lowest BCUT2D eigenvalue weighted by Crippen LogP contribution is -2.37. The van der Waals surface area contributed by atoms with Gasteiger partial charge in [0.05, 0.1) is 19.3 Å². The van der Waals surface area contributed by atoms with Gasteiger partial charge >= 0.3 is 0 Å².